The van der Waals surface area contributed by atoms with Gasteiger partial charge in [-0.15, -0.1) is 0 Å². The molecule has 0 aromatic rings. The van der Waals surface area contributed by atoms with E-state index in [4.69, 9.17) is 5.11 Å². The summed E-state index contributed by atoms with van der Waals surface area (Å²) in [5, 5.41) is 8.88. The first-order valence-corrected chi connectivity index (χ1v) is 6.98. The number of carbonyl (C=O) groups is 1. The van der Waals surface area contributed by atoms with E-state index in [0.717, 1.165) is 0 Å². The minimum absolute atomic E-state index is 0.0991. The molecule has 1 N–H and O–H groups in total. The van der Waals surface area contributed by atoms with E-state index in [9.17, 15) is 13.2 Å². The molecule has 1 heterocycles. The van der Waals surface area contributed by atoms with E-state index in [0.29, 0.717) is 19.6 Å². The zero-order valence-corrected chi connectivity index (χ0v) is 9.83. The fourth-order valence-corrected chi connectivity index (χ4v) is 2.46. The lowest BCUT2D eigenvalue weighted by Crippen LogP contribution is -2.28. The van der Waals surface area contributed by atoms with Crippen molar-refractivity contribution in [1.29, 1.82) is 0 Å². The average molecular weight is 235 g/mol. The lowest BCUT2D eigenvalue weighted by atomic mass is 9.99. The van der Waals surface area contributed by atoms with Crippen LogP contribution in [0.25, 0.3) is 0 Å². The van der Waals surface area contributed by atoms with E-state index in [2.05, 4.69) is 0 Å². The summed E-state index contributed by atoms with van der Waals surface area (Å²) in [6, 6.07) is 0. The largest absolute Gasteiger partial charge is 0.481 e. The average Bonchev–Trinajstić information content (AvgIpc) is 2.42. The molecule has 0 radical (unpaired) electrons. The molecule has 5 nitrogen and oxygen atoms in total. The van der Waals surface area contributed by atoms with Gasteiger partial charge in [-0.05, 0) is 5.92 Å². The van der Waals surface area contributed by atoms with Crippen molar-refractivity contribution < 1.29 is 18.3 Å². The maximum atomic E-state index is 10.9. The second kappa shape index (κ2) is 4.49. The number of likely N-dealkylation sites (tertiary alicyclic amines) is 1. The zero-order valence-electron chi connectivity index (χ0n) is 9.01. The van der Waals surface area contributed by atoms with Crippen LogP contribution >= 0.6 is 0 Å². The van der Waals surface area contributed by atoms with E-state index >= 15 is 0 Å². The van der Waals surface area contributed by atoms with Gasteiger partial charge in [0.05, 0.1) is 11.7 Å². The van der Waals surface area contributed by atoms with Crippen molar-refractivity contribution in [3.8, 4) is 0 Å². The Bertz CT molecular complexity index is 338. The number of rotatable bonds is 4. The smallest absolute Gasteiger partial charge is 0.308 e. The number of hydrogen-bond donors (Lipinski definition) is 1. The molecule has 6 heteroatoms. The maximum Gasteiger partial charge on any atom is 0.308 e. The van der Waals surface area contributed by atoms with Crippen LogP contribution < -0.4 is 0 Å². The molecule has 0 amide bonds. The van der Waals surface area contributed by atoms with Crippen LogP contribution in [0.15, 0.2) is 0 Å². The Balaban J connectivity index is 2.45. The molecule has 2 unspecified atom stereocenters. The van der Waals surface area contributed by atoms with Gasteiger partial charge in [0.15, 0.2) is 0 Å². The van der Waals surface area contributed by atoms with Crippen LogP contribution in [0.4, 0.5) is 0 Å². The Labute approximate surface area is 90.0 Å². The van der Waals surface area contributed by atoms with Crippen molar-refractivity contribution in [1.82, 2.24) is 4.90 Å². The van der Waals surface area contributed by atoms with Crippen molar-refractivity contribution in [2.75, 3.05) is 31.6 Å². The molecule has 1 saturated heterocycles. The summed E-state index contributed by atoms with van der Waals surface area (Å²) in [6.45, 7) is 3.46. The lowest BCUT2D eigenvalue weighted by molar-refractivity contribution is -0.142. The molecule has 0 aromatic carbocycles. The maximum absolute atomic E-state index is 10.9. The van der Waals surface area contributed by atoms with Gasteiger partial charge in [0.25, 0.3) is 0 Å². The number of aliphatic carboxylic acids is 1. The van der Waals surface area contributed by atoms with Crippen LogP contribution in [0, 0.1) is 11.8 Å². The predicted octanol–water partition coefficient (Wildman–Crippen LogP) is -0.316. The highest BCUT2D eigenvalue weighted by Gasteiger charge is 2.34. The number of hydrogen-bond acceptors (Lipinski definition) is 4. The second-order valence-electron chi connectivity index (χ2n) is 4.31. The van der Waals surface area contributed by atoms with Gasteiger partial charge in [0, 0.05) is 25.9 Å². The molecule has 88 valence electrons. The zero-order chi connectivity index (χ0) is 11.6. The molecule has 0 saturated carbocycles. The van der Waals surface area contributed by atoms with Gasteiger partial charge in [-0.2, -0.15) is 0 Å². The third-order valence-electron chi connectivity index (χ3n) is 2.78. The van der Waals surface area contributed by atoms with Gasteiger partial charge >= 0.3 is 5.97 Å². The SMILES string of the molecule is CC1CN(CCS(C)(=O)=O)CC1C(=O)O. The predicted molar refractivity (Wildman–Crippen MR) is 56.4 cm³/mol. The fraction of sp³-hybridized carbons (Fsp3) is 0.889. The van der Waals surface area contributed by atoms with Crippen LogP contribution in [-0.2, 0) is 14.6 Å². The highest BCUT2D eigenvalue weighted by atomic mass is 32.2. The number of nitrogens with zero attached hydrogens (tertiary/aromatic N) is 1. The minimum atomic E-state index is -2.96. The summed E-state index contributed by atoms with van der Waals surface area (Å²) in [4.78, 5) is 12.7. The molecule has 0 aromatic heterocycles. The van der Waals surface area contributed by atoms with Crippen molar-refractivity contribution in [3.05, 3.63) is 0 Å². The molecule has 0 aliphatic carbocycles. The summed E-state index contributed by atoms with van der Waals surface area (Å²) in [5.41, 5.74) is 0. The Morgan fingerprint density at radius 3 is 2.47 bits per heavy atom. The summed E-state index contributed by atoms with van der Waals surface area (Å²) < 4.78 is 21.9. The Kier molecular flexibility index (Phi) is 3.72. The monoisotopic (exact) mass is 235 g/mol. The lowest BCUT2D eigenvalue weighted by Gasteiger charge is -2.13. The first-order chi connectivity index (χ1) is 6.79. The highest BCUT2D eigenvalue weighted by molar-refractivity contribution is 7.90. The summed E-state index contributed by atoms with van der Waals surface area (Å²) in [6.07, 6.45) is 1.20. The molecule has 1 aliphatic heterocycles. The van der Waals surface area contributed by atoms with Crippen LogP contribution in [0.3, 0.4) is 0 Å². The Morgan fingerprint density at radius 1 is 1.47 bits per heavy atom. The van der Waals surface area contributed by atoms with E-state index in [1.807, 2.05) is 11.8 Å². The number of carboxylic acids is 1. The van der Waals surface area contributed by atoms with Gasteiger partial charge in [-0.25, -0.2) is 8.42 Å². The van der Waals surface area contributed by atoms with Crippen LogP contribution in [0.2, 0.25) is 0 Å². The highest BCUT2D eigenvalue weighted by Crippen LogP contribution is 2.22. The quantitative estimate of drug-likeness (QED) is 0.723. The van der Waals surface area contributed by atoms with Gasteiger partial charge in [0.2, 0.25) is 0 Å². The van der Waals surface area contributed by atoms with Crippen molar-refractivity contribution in [3.63, 3.8) is 0 Å². The number of sulfone groups is 1. The van der Waals surface area contributed by atoms with Crippen molar-refractivity contribution >= 4 is 15.8 Å². The third kappa shape index (κ3) is 3.79. The van der Waals surface area contributed by atoms with Crippen LogP contribution in [-0.4, -0.2) is 56.0 Å². The van der Waals surface area contributed by atoms with E-state index in [-0.39, 0.29) is 17.6 Å². The van der Waals surface area contributed by atoms with Crippen LogP contribution in [0.1, 0.15) is 6.92 Å². The number of carboxylic acid groups (broad SMARTS) is 1. The first-order valence-electron chi connectivity index (χ1n) is 4.92. The topological polar surface area (TPSA) is 74.7 Å². The van der Waals surface area contributed by atoms with Crippen molar-refractivity contribution in [2.24, 2.45) is 11.8 Å². The normalized spacial score (nSPS) is 28.1. The minimum Gasteiger partial charge on any atom is -0.481 e. The van der Waals surface area contributed by atoms with E-state index < -0.39 is 15.8 Å². The second-order valence-corrected chi connectivity index (χ2v) is 6.57. The summed E-state index contributed by atoms with van der Waals surface area (Å²) >= 11 is 0. The molecular formula is C9H17NO4S. The van der Waals surface area contributed by atoms with Gasteiger partial charge in [0.1, 0.15) is 9.84 Å². The summed E-state index contributed by atoms with van der Waals surface area (Å²) in [5.74, 6) is -0.942. The molecule has 1 fully saturated rings. The molecule has 2 atom stereocenters. The molecular weight excluding hydrogens is 218 g/mol. The van der Waals surface area contributed by atoms with Crippen molar-refractivity contribution in [2.45, 2.75) is 6.92 Å². The Morgan fingerprint density at radius 2 is 2.07 bits per heavy atom. The van der Waals surface area contributed by atoms with Gasteiger partial charge < -0.3 is 10.0 Å². The molecule has 1 aliphatic rings. The molecule has 0 spiro atoms. The van der Waals surface area contributed by atoms with E-state index in [1.54, 1.807) is 0 Å². The van der Waals surface area contributed by atoms with Gasteiger partial charge in [-0.1, -0.05) is 6.92 Å². The third-order valence-corrected chi connectivity index (χ3v) is 3.71. The summed E-state index contributed by atoms with van der Waals surface area (Å²) in [7, 11) is -2.96. The van der Waals surface area contributed by atoms with Gasteiger partial charge in [-0.3, -0.25) is 4.79 Å². The van der Waals surface area contributed by atoms with Crippen LogP contribution in [0.5, 0.6) is 0 Å². The fourth-order valence-electron chi connectivity index (χ4n) is 1.87. The Hall–Kier alpha value is -0.620. The molecule has 0 bridgehead atoms. The first kappa shape index (κ1) is 12.4. The standard InChI is InChI=1S/C9H17NO4S/c1-7-5-10(3-4-15(2,13)14)6-8(7)9(11)12/h7-8H,3-6H2,1-2H3,(H,11,12). The van der Waals surface area contributed by atoms with E-state index in [1.165, 1.54) is 6.26 Å². The molecule has 15 heavy (non-hydrogen) atoms. The molecule has 1 rings (SSSR count).